The minimum Gasteiger partial charge on any atom is -0.271 e. The smallest absolute Gasteiger partial charge is 0.0662 e. The molecular formula is C11H13N3. The van der Waals surface area contributed by atoms with Crippen LogP contribution in [-0.2, 0) is 0 Å². The van der Waals surface area contributed by atoms with Crippen LogP contribution in [0.15, 0.2) is 36.5 Å². The van der Waals surface area contributed by atoms with Gasteiger partial charge >= 0.3 is 0 Å². The number of fused-ring (bicyclic) bond motifs is 1. The van der Waals surface area contributed by atoms with Gasteiger partial charge in [0.25, 0.3) is 0 Å². The predicted molar refractivity (Wildman–Crippen MR) is 57.5 cm³/mol. The van der Waals surface area contributed by atoms with Gasteiger partial charge in [-0.15, -0.1) is 0 Å². The molecule has 0 aliphatic heterocycles. The Balaban J connectivity index is 2.65. The van der Waals surface area contributed by atoms with Crippen molar-refractivity contribution in [3.8, 4) is 0 Å². The number of nitrogens with two attached hydrogens (primary N) is 1. The van der Waals surface area contributed by atoms with E-state index in [-0.39, 0.29) is 6.04 Å². The number of pyridine rings is 1. The van der Waals surface area contributed by atoms with Gasteiger partial charge in [-0.2, -0.15) is 0 Å². The molecule has 3 nitrogen and oxygen atoms in total. The molecule has 1 unspecified atom stereocenters. The Morgan fingerprint density at radius 1 is 1.29 bits per heavy atom. The van der Waals surface area contributed by atoms with Crippen molar-refractivity contribution in [2.24, 2.45) is 5.84 Å². The molecule has 0 radical (unpaired) electrons. The molecule has 72 valence electrons. The molecule has 1 atom stereocenters. The third-order valence-electron chi connectivity index (χ3n) is 2.36. The van der Waals surface area contributed by atoms with E-state index < -0.39 is 0 Å². The first-order chi connectivity index (χ1) is 6.83. The highest BCUT2D eigenvalue weighted by Gasteiger charge is 2.07. The lowest BCUT2D eigenvalue weighted by molar-refractivity contribution is 0.592. The summed E-state index contributed by atoms with van der Waals surface area (Å²) in [6.07, 6.45) is 1.81. The number of rotatable bonds is 2. The van der Waals surface area contributed by atoms with Crippen LogP contribution < -0.4 is 11.3 Å². The molecule has 0 saturated carbocycles. The van der Waals surface area contributed by atoms with Crippen LogP contribution in [-0.4, -0.2) is 4.98 Å². The van der Waals surface area contributed by atoms with Crippen LogP contribution in [0, 0.1) is 0 Å². The molecule has 3 heteroatoms. The maximum atomic E-state index is 5.41. The van der Waals surface area contributed by atoms with E-state index in [2.05, 4.69) is 22.5 Å². The number of benzene rings is 1. The van der Waals surface area contributed by atoms with Crippen molar-refractivity contribution < 1.29 is 0 Å². The summed E-state index contributed by atoms with van der Waals surface area (Å²) in [5.41, 5.74) is 3.70. The SMILES string of the molecule is CC(NN)c1nccc2ccccc12. The van der Waals surface area contributed by atoms with Gasteiger partial charge in [0.05, 0.1) is 11.7 Å². The van der Waals surface area contributed by atoms with Crippen LogP contribution in [0.4, 0.5) is 0 Å². The predicted octanol–water partition coefficient (Wildman–Crippen LogP) is 1.76. The Labute approximate surface area is 82.9 Å². The molecule has 1 aromatic heterocycles. The van der Waals surface area contributed by atoms with Crippen molar-refractivity contribution in [2.75, 3.05) is 0 Å². The van der Waals surface area contributed by atoms with E-state index in [4.69, 9.17) is 5.84 Å². The van der Waals surface area contributed by atoms with Gasteiger partial charge in [-0.05, 0) is 18.4 Å². The van der Waals surface area contributed by atoms with Gasteiger partial charge < -0.3 is 0 Å². The molecule has 1 aromatic carbocycles. The van der Waals surface area contributed by atoms with Gasteiger partial charge in [-0.1, -0.05) is 24.3 Å². The molecule has 0 saturated heterocycles. The normalized spacial score (nSPS) is 13.0. The van der Waals surface area contributed by atoms with E-state index in [1.165, 1.54) is 5.39 Å². The molecule has 1 heterocycles. The van der Waals surface area contributed by atoms with E-state index in [9.17, 15) is 0 Å². The Kier molecular flexibility index (Phi) is 2.43. The van der Waals surface area contributed by atoms with Gasteiger partial charge in [-0.3, -0.25) is 16.3 Å². The van der Waals surface area contributed by atoms with Crippen LogP contribution in [0.1, 0.15) is 18.7 Å². The lowest BCUT2D eigenvalue weighted by atomic mass is 10.1. The first kappa shape index (κ1) is 9.12. The highest BCUT2D eigenvalue weighted by atomic mass is 15.2. The topological polar surface area (TPSA) is 50.9 Å². The highest BCUT2D eigenvalue weighted by molar-refractivity contribution is 5.84. The second-order valence-corrected chi connectivity index (χ2v) is 3.31. The Bertz CT molecular complexity index is 434. The molecule has 0 bridgehead atoms. The summed E-state index contributed by atoms with van der Waals surface area (Å²) >= 11 is 0. The Hall–Kier alpha value is -1.45. The number of nitrogens with one attached hydrogen (secondary N) is 1. The largest absolute Gasteiger partial charge is 0.271 e. The van der Waals surface area contributed by atoms with Crippen LogP contribution in [0.3, 0.4) is 0 Å². The quantitative estimate of drug-likeness (QED) is 0.556. The summed E-state index contributed by atoms with van der Waals surface area (Å²) in [4.78, 5) is 4.34. The van der Waals surface area contributed by atoms with Crippen molar-refractivity contribution in [2.45, 2.75) is 13.0 Å². The Morgan fingerprint density at radius 2 is 2.07 bits per heavy atom. The lowest BCUT2D eigenvalue weighted by Crippen LogP contribution is -2.26. The standard InChI is InChI=1S/C11H13N3/c1-8(14-12)11-10-5-3-2-4-9(10)6-7-13-11/h2-8,14H,12H2,1H3. The molecule has 3 N–H and O–H groups in total. The van der Waals surface area contributed by atoms with Gasteiger partial charge in [0.15, 0.2) is 0 Å². The average Bonchev–Trinajstić information content (AvgIpc) is 2.27. The summed E-state index contributed by atoms with van der Waals surface area (Å²) in [6, 6.07) is 10.2. The summed E-state index contributed by atoms with van der Waals surface area (Å²) in [5, 5.41) is 2.35. The number of aromatic nitrogens is 1. The molecule has 0 fully saturated rings. The number of hydrazine groups is 1. The number of hydrogen-bond acceptors (Lipinski definition) is 3. The van der Waals surface area contributed by atoms with E-state index in [0.29, 0.717) is 0 Å². The molecule has 14 heavy (non-hydrogen) atoms. The zero-order valence-corrected chi connectivity index (χ0v) is 8.07. The lowest BCUT2D eigenvalue weighted by Gasteiger charge is -2.11. The molecular weight excluding hydrogens is 174 g/mol. The van der Waals surface area contributed by atoms with Crippen molar-refractivity contribution in [3.05, 3.63) is 42.2 Å². The van der Waals surface area contributed by atoms with Gasteiger partial charge in [0, 0.05) is 11.6 Å². The maximum Gasteiger partial charge on any atom is 0.0662 e. The molecule has 0 spiro atoms. The zero-order chi connectivity index (χ0) is 9.97. The van der Waals surface area contributed by atoms with Gasteiger partial charge in [0.2, 0.25) is 0 Å². The molecule has 2 rings (SSSR count). The van der Waals surface area contributed by atoms with Crippen LogP contribution in [0.5, 0.6) is 0 Å². The van der Waals surface area contributed by atoms with Crippen molar-refractivity contribution in [1.82, 2.24) is 10.4 Å². The molecule has 0 aliphatic rings. The van der Waals surface area contributed by atoms with Crippen LogP contribution in [0.2, 0.25) is 0 Å². The Morgan fingerprint density at radius 3 is 2.86 bits per heavy atom. The fourth-order valence-electron chi connectivity index (χ4n) is 1.57. The third kappa shape index (κ3) is 1.47. The van der Waals surface area contributed by atoms with E-state index in [1.54, 1.807) is 0 Å². The monoisotopic (exact) mass is 187 g/mol. The molecule has 2 aromatic rings. The average molecular weight is 187 g/mol. The van der Waals surface area contributed by atoms with Gasteiger partial charge in [-0.25, -0.2) is 0 Å². The molecule has 0 aliphatic carbocycles. The van der Waals surface area contributed by atoms with E-state index >= 15 is 0 Å². The van der Waals surface area contributed by atoms with Crippen molar-refractivity contribution >= 4 is 10.8 Å². The highest BCUT2D eigenvalue weighted by Crippen LogP contribution is 2.20. The second kappa shape index (κ2) is 3.74. The summed E-state index contributed by atoms with van der Waals surface area (Å²) in [5.74, 6) is 5.41. The second-order valence-electron chi connectivity index (χ2n) is 3.31. The number of hydrogen-bond donors (Lipinski definition) is 2. The van der Waals surface area contributed by atoms with Crippen LogP contribution in [0.25, 0.3) is 10.8 Å². The third-order valence-corrected chi connectivity index (χ3v) is 2.36. The first-order valence-electron chi connectivity index (χ1n) is 4.62. The van der Waals surface area contributed by atoms with E-state index in [0.717, 1.165) is 11.1 Å². The van der Waals surface area contributed by atoms with Crippen molar-refractivity contribution in [1.29, 1.82) is 0 Å². The van der Waals surface area contributed by atoms with Gasteiger partial charge in [0.1, 0.15) is 0 Å². The maximum absolute atomic E-state index is 5.41. The summed E-state index contributed by atoms with van der Waals surface area (Å²) in [6.45, 7) is 1.99. The van der Waals surface area contributed by atoms with Crippen molar-refractivity contribution in [3.63, 3.8) is 0 Å². The van der Waals surface area contributed by atoms with E-state index in [1.807, 2.05) is 31.3 Å². The first-order valence-corrected chi connectivity index (χ1v) is 4.62. The fourth-order valence-corrected chi connectivity index (χ4v) is 1.57. The minimum atomic E-state index is 0.0705. The minimum absolute atomic E-state index is 0.0705. The van der Waals surface area contributed by atoms with Crippen LogP contribution >= 0.6 is 0 Å². The molecule has 0 amide bonds. The summed E-state index contributed by atoms with van der Waals surface area (Å²) in [7, 11) is 0. The summed E-state index contributed by atoms with van der Waals surface area (Å²) < 4.78 is 0. The number of nitrogens with zero attached hydrogens (tertiary/aromatic N) is 1. The fraction of sp³-hybridized carbons (Fsp3) is 0.182. The zero-order valence-electron chi connectivity index (χ0n) is 8.07.